The standard InChI is InChI=1S/C33H30FN3O5/c1-19-15-23(34)7-10-26(19)30-20(2)37-21(3)31(33(30)39)28(38)16-22-5-8-24(9-6-22)42-29-11-12-35-27-17-25(18-36-32(27)29)41-14-13-40-4/h5-12,15,17-18H,13-14,16H2,1-4H3,(H,37,39). The van der Waals surface area contributed by atoms with Crippen LogP contribution in [0.25, 0.3) is 22.2 Å². The molecule has 3 aromatic heterocycles. The summed E-state index contributed by atoms with van der Waals surface area (Å²) in [6.45, 7) is 6.09. The molecule has 0 bridgehead atoms. The van der Waals surface area contributed by atoms with E-state index in [2.05, 4.69) is 15.0 Å². The normalized spacial score (nSPS) is 11.1. The van der Waals surface area contributed by atoms with Crippen LogP contribution in [-0.2, 0) is 11.2 Å². The van der Waals surface area contributed by atoms with Crippen molar-refractivity contribution in [2.45, 2.75) is 27.2 Å². The van der Waals surface area contributed by atoms with Crippen LogP contribution in [0.15, 0.2) is 71.8 Å². The summed E-state index contributed by atoms with van der Waals surface area (Å²) in [5, 5.41) is 0. The molecule has 0 atom stereocenters. The maximum Gasteiger partial charge on any atom is 0.200 e. The highest BCUT2D eigenvalue weighted by molar-refractivity contribution is 5.99. The van der Waals surface area contributed by atoms with Gasteiger partial charge in [-0.1, -0.05) is 18.2 Å². The second-order valence-electron chi connectivity index (χ2n) is 9.95. The Morgan fingerprint density at radius 3 is 2.45 bits per heavy atom. The molecule has 0 aliphatic rings. The molecule has 214 valence electrons. The van der Waals surface area contributed by atoms with Crippen LogP contribution in [0.2, 0.25) is 0 Å². The zero-order chi connectivity index (χ0) is 29.8. The summed E-state index contributed by atoms with van der Waals surface area (Å²) in [5.41, 5.74) is 4.36. The fraction of sp³-hybridized carbons (Fsp3) is 0.212. The van der Waals surface area contributed by atoms with Gasteiger partial charge in [-0.15, -0.1) is 0 Å². The van der Waals surface area contributed by atoms with Gasteiger partial charge < -0.3 is 19.2 Å². The molecule has 1 N–H and O–H groups in total. The van der Waals surface area contributed by atoms with E-state index in [-0.39, 0.29) is 29.0 Å². The molecule has 0 unspecified atom stereocenters. The van der Waals surface area contributed by atoms with E-state index in [9.17, 15) is 14.0 Å². The van der Waals surface area contributed by atoms with Crippen LogP contribution in [0.3, 0.4) is 0 Å². The zero-order valence-electron chi connectivity index (χ0n) is 23.8. The van der Waals surface area contributed by atoms with Gasteiger partial charge in [-0.2, -0.15) is 0 Å². The van der Waals surface area contributed by atoms with Crippen molar-refractivity contribution in [3.05, 3.63) is 111 Å². The van der Waals surface area contributed by atoms with Gasteiger partial charge >= 0.3 is 0 Å². The van der Waals surface area contributed by atoms with Crippen LogP contribution >= 0.6 is 0 Å². The summed E-state index contributed by atoms with van der Waals surface area (Å²) >= 11 is 0. The second-order valence-corrected chi connectivity index (χ2v) is 9.95. The first-order valence-electron chi connectivity index (χ1n) is 13.4. The Hall–Kier alpha value is -4.89. The number of fused-ring (bicyclic) bond motifs is 1. The lowest BCUT2D eigenvalue weighted by Gasteiger charge is -2.14. The fourth-order valence-corrected chi connectivity index (χ4v) is 4.91. The van der Waals surface area contributed by atoms with E-state index in [1.54, 1.807) is 82.7 Å². The van der Waals surface area contributed by atoms with E-state index in [0.29, 0.717) is 69.6 Å². The number of rotatable bonds is 10. The topological polar surface area (TPSA) is 103 Å². The van der Waals surface area contributed by atoms with Gasteiger partial charge in [0.05, 0.1) is 23.9 Å². The number of hydrogen-bond acceptors (Lipinski definition) is 7. The molecule has 0 aliphatic heterocycles. The third kappa shape index (κ3) is 6.06. The molecule has 3 heterocycles. The van der Waals surface area contributed by atoms with E-state index < -0.39 is 0 Å². The van der Waals surface area contributed by atoms with Gasteiger partial charge in [-0.25, -0.2) is 9.37 Å². The van der Waals surface area contributed by atoms with Crippen molar-refractivity contribution in [1.82, 2.24) is 15.0 Å². The van der Waals surface area contributed by atoms with Gasteiger partial charge in [-0.3, -0.25) is 14.6 Å². The third-order valence-electron chi connectivity index (χ3n) is 6.90. The lowest BCUT2D eigenvalue weighted by molar-refractivity contribution is 0.0991. The molecular weight excluding hydrogens is 537 g/mol. The number of carbonyl (C=O) groups is 1. The predicted octanol–water partition coefficient (Wildman–Crippen LogP) is 6.29. The molecule has 0 saturated heterocycles. The molecule has 0 spiro atoms. The number of aryl methyl sites for hydroxylation is 3. The van der Waals surface area contributed by atoms with Crippen LogP contribution in [0.1, 0.15) is 32.9 Å². The number of hydrogen-bond donors (Lipinski definition) is 1. The van der Waals surface area contributed by atoms with Crippen molar-refractivity contribution >= 4 is 16.8 Å². The summed E-state index contributed by atoms with van der Waals surface area (Å²) in [4.78, 5) is 38.9. The van der Waals surface area contributed by atoms with Crippen molar-refractivity contribution in [3.63, 3.8) is 0 Å². The molecule has 0 amide bonds. The predicted molar refractivity (Wildman–Crippen MR) is 158 cm³/mol. The molecule has 5 aromatic rings. The minimum absolute atomic E-state index is 0.0285. The van der Waals surface area contributed by atoms with Crippen molar-refractivity contribution in [2.24, 2.45) is 0 Å². The number of methoxy groups -OCH3 is 1. The van der Waals surface area contributed by atoms with E-state index >= 15 is 0 Å². The first-order valence-corrected chi connectivity index (χ1v) is 13.4. The van der Waals surface area contributed by atoms with Crippen LogP contribution in [0, 0.1) is 26.6 Å². The summed E-state index contributed by atoms with van der Waals surface area (Å²) in [5.74, 6) is 0.973. The van der Waals surface area contributed by atoms with Gasteiger partial charge in [0.25, 0.3) is 0 Å². The number of aromatic amines is 1. The highest BCUT2D eigenvalue weighted by atomic mass is 19.1. The van der Waals surface area contributed by atoms with E-state index in [1.807, 2.05) is 0 Å². The number of pyridine rings is 3. The Morgan fingerprint density at radius 1 is 0.929 bits per heavy atom. The quantitative estimate of drug-likeness (QED) is 0.156. The fourth-order valence-electron chi connectivity index (χ4n) is 4.91. The molecule has 0 saturated carbocycles. The van der Waals surface area contributed by atoms with Gasteiger partial charge in [0.2, 0.25) is 5.43 Å². The Kier molecular flexibility index (Phi) is 8.40. The van der Waals surface area contributed by atoms with Gasteiger partial charge in [0.15, 0.2) is 11.5 Å². The molecule has 0 aliphatic carbocycles. The number of ether oxygens (including phenoxy) is 3. The Balaban J connectivity index is 1.34. The number of aromatic nitrogens is 3. The smallest absolute Gasteiger partial charge is 0.200 e. The second kappa shape index (κ2) is 12.3. The molecule has 5 rings (SSSR count). The van der Waals surface area contributed by atoms with Gasteiger partial charge in [0.1, 0.15) is 29.4 Å². The Bertz CT molecular complexity index is 1830. The van der Waals surface area contributed by atoms with Gasteiger partial charge in [0, 0.05) is 48.8 Å². The van der Waals surface area contributed by atoms with Crippen LogP contribution < -0.4 is 14.9 Å². The monoisotopic (exact) mass is 567 g/mol. The number of halogens is 1. The maximum atomic E-state index is 13.7. The number of nitrogens with zero attached hydrogens (tertiary/aromatic N) is 2. The van der Waals surface area contributed by atoms with E-state index in [4.69, 9.17) is 14.2 Å². The number of Topliss-reactive ketones (excluding diaryl/α,β-unsaturated/α-hetero) is 1. The Morgan fingerprint density at radius 2 is 1.71 bits per heavy atom. The Labute approximate surface area is 242 Å². The molecule has 8 nitrogen and oxygen atoms in total. The summed E-state index contributed by atoms with van der Waals surface area (Å²) in [6, 6.07) is 14.9. The minimum atomic E-state index is -0.382. The zero-order valence-corrected chi connectivity index (χ0v) is 23.8. The van der Waals surface area contributed by atoms with E-state index in [1.165, 1.54) is 12.1 Å². The lowest BCUT2D eigenvalue weighted by Crippen LogP contribution is -2.23. The SMILES string of the molecule is COCCOc1cnc2c(Oc3ccc(CC(=O)c4c(C)[nH]c(C)c(-c5ccc(F)cc5C)c4=O)cc3)ccnc2c1. The number of carbonyl (C=O) groups excluding carboxylic acids is 1. The number of nitrogens with one attached hydrogen (secondary N) is 1. The number of benzene rings is 2. The molecular formula is C33H30FN3O5. The average molecular weight is 568 g/mol. The van der Waals surface area contributed by atoms with E-state index in [0.717, 1.165) is 5.56 Å². The summed E-state index contributed by atoms with van der Waals surface area (Å²) < 4.78 is 30.4. The lowest BCUT2D eigenvalue weighted by atomic mass is 9.93. The highest BCUT2D eigenvalue weighted by Gasteiger charge is 2.21. The summed E-state index contributed by atoms with van der Waals surface area (Å²) in [6.07, 6.45) is 3.27. The summed E-state index contributed by atoms with van der Waals surface area (Å²) in [7, 11) is 1.61. The average Bonchev–Trinajstić information content (AvgIpc) is 2.95. The van der Waals surface area contributed by atoms with Gasteiger partial charge in [-0.05, 0) is 61.7 Å². The maximum absolute atomic E-state index is 13.7. The molecule has 2 aromatic carbocycles. The minimum Gasteiger partial charge on any atom is -0.489 e. The third-order valence-corrected chi connectivity index (χ3v) is 6.90. The van der Waals surface area contributed by atoms with Crippen molar-refractivity contribution in [2.75, 3.05) is 20.3 Å². The number of H-pyrrole nitrogens is 1. The van der Waals surface area contributed by atoms with Crippen molar-refractivity contribution < 1.29 is 23.4 Å². The first-order chi connectivity index (χ1) is 20.2. The number of ketones is 1. The molecule has 0 radical (unpaired) electrons. The molecule has 0 fully saturated rings. The largest absolute Gasteiger partial charge is 0.489 e. The first kappa shape index (κ1) is 28.6. The van der Waals surface area contributed by atoms with Crippen molar-refractivity contribution in [1.29, 1.82) is 0 Å². The highest BCUT2D eigenvalue weighted by Crippen LogP contribution is 2.30. The van der Waals surface area contributed by atoms with Crippen LogP contribution in [-0.4, -0.2) is 41.1 Å². The molecule has 42 heavy (non-hydrogen) atoms. The van der Waals surface area contributed by atoms with Crippen molar-refractivity contribution in [3.8, 4) is 28.4 Å². The van der Waals surface area contributed by atoms with Crippen LogP contribution in [0.5, 0.6) is 17.2 Å². The van der Waals surface area contributed by atoms with Crippen LogP contribution in [0.4, 0.5) is 4.39 Å². The molecule has 9 heteroatoms.